The van der Waals surface area contributed by atoms with Crippen LogP contribution in [0.15, 0.2) is 23.6 Å². The topological polar surface area (TPSA) is 64.1 Å². The molecule has 0 aliphatic heterocycles. The van der Waals surface area contributed by atoms with Gasteiger partial charge in [-0.15, -0.1) is 11.3 Å². The van der Waals surface area contributed by atoms with E-state index in [4.69, 9.17) is 23.1 Å². The Hall–Kier alpha value is -1.46. The first-order valence-corrected chi connectivity index (χ1v) is 6.14. The van der Waals surface area contributed by atoms with E-state index < -0.39 is 5.82 Å². The minimum Gasteiger partial charge on any atom is -0.397 e. The van der Waals surface area contributed by atoms with Crippen molar-refractivity contribution in [3.63, 3.8) is 0 Å². The zero-order valence-corrected chi connectivity index (χ0v) is 10.4. The van der Waals surface area contributed by atoms with Crippen molar-refractivity contribution >= 4 is 40.0 Å². The lowest BCUT2D eigenvalue weighted by Gasteiger charge is -2.12. The van der Waals surface area contributed by atoms with Crippen molar-refractivity contribution in [2.75, 3.05) is 16.8 Å². The maximum absolute atomic E-state index is 13.8. The second-order valence-corrected chi connectivity index (χ2v) is 4.90. The van der Waals surface area contributed by atoms with Gasteiger partial charge < -0.3 is 16.8 Å². The number of nitrogen functional groups attached to an aromatic ring is 2. The van der Waals surface area contributed by atoms with Crippen LogP contribution in [0.25, 0.3) is 0 Å². The first-order chi connectivity index (χ1) is 8.09. The van der Waals surface area contributed by atoms with Gasteiger partial charge in [-0.25, -0.2) is 4.39 Å². The Balaban J connectivity index is 2.24. The van der Waals surface area contributed by atoms with Gasteiger partial charge in [-0.1, -0.05) is 17.7 Å². The molecule has 0 saturated carbocycles. The summed E-state index contributed by atoms with van der Waals surface area (Å²) in [6.07, 6.45) is 0. The molecule has 2 aromatic rings. The minimum absolute atomic E-state index is 0.104. The largest absolute Gasteiger partial charge is 0.397 e. The van der Waals surface area contributed by atoms with E-state index in [2.05, 4.69) is 5.32 Å². The average molecular weight is 272 g/mol. The second-order valence-electron chi connectivity index (χ2n) is 3.49. The molecule has 0 atom stereocenters. The Bertz CT molecular complexity index is 528. The van der Waals surface area contributed by atoms with Gasteiger partial charge in [-0.05, 0) is 17.5 Å². The van der Waals surface area contributed by atoms with Crippen LogP contribution < -0.4 is 16.8 Å². The Labute approximate surface area is 107 Å². The highest BCUT2D eigenvalue weighted by molar-refractivity contribution is 7.09. The van der Waals surface area contributed by atoms with Gasteiger partial charge in [-0.3, -0.25) is 0 Å². The molecule has 2 rings (SSSR count). The molecule has 0 aliphatic carbocycles. The molecular weight excluding hydrogens is 261 g/mol. The Kier molecular flexibility index (Phi) is 3.40. The van der Waals surface area contributed by atoms with Gasteiger partial charge in [0.2, 0.25) is 0 Å². The highest BCUT2D eigenvalue weighted by atomic mass is 35.5. The normalized spacial score (nSPS) is 10.5. The average Bonchev–Trinajstić information content (AvgIpc) is 2.79. The third-order valence-electron chi connectivity index (χ3n) is 2.28. The monoisotopic (exact) mass is 271 g/mol. The van der Waals surface area contributed by atoms with Gasteiger partial charge in [0.05, 0.1) is 17.1 Å². The van der Waals surface area contributed by atoms with E-state index in [1.54, 1.807) is 11.3 Å². The maximum Gasteiger partial charge on any atom is 0.169 e. The molecule has 0 unspecified atom stereocenters. The van der Waals surface area contributed by atoms with Crippen molar-refractivity contribution in [2.45, 2.75) is 6.54 Å². The number of halogens is 2. The van der Waals surface area contributed by atoms with E-state index in [1.807, 2.05) is 17.5 Å². The second kappa shape index (κ2) is 4.81. The fourth-order valence-electron chi connectivity index (χ4n) is 1.43. The molecular formula is C11H11ClFN3S. The summed E-state index contributed by atoms with van der Waals surface area (Å²) in [5.74, 6) is -0.610. The highest BCUT2D eigenvalue weighted by Crippen LogP contribution is 2.34. The number of hydrogen-bond donors (Lipinski definition) is 3. The van der Waals surface area contributed by atoms with Gasteiger partial charge in [0.25, 0.3) is 0 Å². The predicted octanol–water partition coefficient (Wildman–Crippen LogP) is 3.32. The van der Waals surface area contributed by atoms with Gasteiger partial charge in [0, 0.05) is 11.4 Å². The molecule has 0 spiro atoms. The Morgan fingerprint density at radius 3 is 2.76 bits per heavy atom. The van der Waals surface area contributed by atoms with E-state index in [9.17, 15) is 4.39 Å². The van der Waals surface area contributed by atoms with Crippen LogP contribution in [0, 0.1) is 5.82 Å². The Morgan fingerprint density at radius 2 is 2.12 bits per heavy atom. The SMILES string of the molecule is Nc1cc(N)c(NCc2cccs2)c(F)c1Cl. The van der Waals surface area contributed by atoms with Gasteiger partial charge >= 0.3 is 0 Å². The van der Waals surface area contributed by atoms with Crippen molar-refractivity contribution < 1.29 is 4.39 Å². The molecule has 5 N–H and O–H groups in total. The predicted molar refractivity (Wildman–Crippen MR) is 71.9 cm³/mol. The summed E-state index contributed by atoms with van der Waals surface area (Å²) >= 11 is 7.30. The molecule has 0 saturated heterocycles. The number of hydrogen-bond acceptors (Lipinski definition) is 4. The summed E-state index contributed by atoms with van der Waals surface area (Å²) in [5, 5.41) is 4.77. The third-order valence-corrected chi connectivity index (χ3v) is 3.55. The van der Waals surface area contributed by atoms with Crippen LogP contribution in [0.4, 0.5) is 21.5 Å². The molecule has 0 aliphatic rings. The molecule has 90 valence electrons. The molecule has 0 bridgehead atoms. The van der Waals surface area contributed by atoms with Gasteiger partial charge in [-0.2, -0.15) is 0 Å². The van der Waals surface area contributed by atoms with E-state index in [1.165, 1.54) is 6.07 Å². The van der Waals surface area contributed by atoms with Gasteiger partial charge in [0.15, 0.2) is 5.82 Å². The lowest BCUT2D eigenvalue weighted by Crippen LogP contribution is -2.05. The quantitative estimate of drug-likeness (QED) is 0.751. The third kappa shape index (κ3) is 2.45. The van der Waals surface area contributed by atoms with E-state index in [0.29, 0.717) is 6.54 Å². The molecule has 17 heavy (non-hydrogen) atoms. The van der Waals surface area contributed by atoms with Gasteiger partial charge in [0.1, 0.15) is 5.02 Å². The molecule has 0 fully saturated rings. The summed E-state index contributed by atoms with van der Waals surface area (Å²) in [7, 11) is 0. The number of anilines is 3. The summed E-state index contributed by atoms with van der Waals surface area (Å²) in [6.45, 7) is 0.499. The van der Waals surface area contributed by atoms with Crippen molar-refractivity contribution in [3.05, 3.63) is 39.3 Å². The number of nitrogens with one attached hydrogen (secondary N) is 1. The van der Waals surface area contributed by atoms with E-state index in [-0.39, 0.29) is 22.1 Å². The fourth-order valence-corrected chi connectivity index (χ4v) is 2.23. The van der Waals surface area contributed by atoms with Crippen LogP contribution >= 0.6 is 22.9 Å². The van der Waals surface area contributed by atoms with Crippen LogP contribution in [0.2, 0.25) is 5.02 Å². The smallest absolute Gasteiger partial charge is 0.169 e. The zero-order valence-electron chi connectivity index (χ0n) is 8.84. The standard InChI is InChI=1S/C11H11ClFN3S/c12-9-7(14)4-8(15)11(10(9)13)16-5-6-2-1-3-17-6/h1-4,16H,5,14-15H2. The fraction of sp³-hybridized carbons (Fsp3) is 0.0909. The van der Waals surface area contributed by atoms with Crippen LogP contribution in [-0.2, 0) is 6.54 Å². The summed E-state index contributed by atoms with van der Waals surface area (Å²) in [4.78, 5) is 1.08. The molecule has 1 aromatic heterocycles. The van der Waals surface area contributed by atoms with Crippen LogP contribution in [-0.4, -0.2) is 0 Å². The lowest BCUT2D eigenvalue weighted by atomic mass is 10.2. The molecule has 6 heteroatoms. The van der Waals surface area contributed by atoms with Crippen molar-refractivity contribution in [1.82, 2.24) is 0 Å². The molecule has 3 nitrogen and oxygen atoms in total. The van der Waals surface area contributed by atoms with Crippen molar-refractivity contribution in [3.8, 4) is 0 Å². The molecule has 0 amide bonds. The molecule has 1 aromatic carbocycles. The summed E-state index contributed by atoms with van der Waals surface area (Å²) in [5.41, 5.74) is 11.8. The Morgan fingerprint density at radius 1 is 1.35 bits per heavy atom. The van der Waals surface area contributed by atoms with Crippen molar-refractivity contribution in [1.29, 1.82) is 0 Å². The van der Waals surface area contributed by atoms with E-state index >= 15 is 0 Å². The van der Waals surface area contributed by atoms with Crippen LogP contribution in [0.3, 0.4) is 0 Å². The number of nitrogens with two attached hydrogens (primary N) is 2. The van der Waals surface area contributed by atoms with E-state index in [0.717, 1.165) is 4.88 Å². The number of benzene rings is 1. The maximum atomic E-state index is 13.8. The molecule has 0 radical (unpaired) electrons. The first-order valence-electron chi connectivity index (χ1n) is 4.88. The molecule has 1 heterocycles. The first kappa shape index (κ1) is 12.0. The zero-order chi connectivity index (χ0) is 12.4. The number of thiophene rings is 1. The summed E-state index contributed by atoms with van der Waals surface area (Å²) < 4.78 is 13.8. The van der Waals surface area contributed by atoms with Crippen molar-refractivity contribution in [2.24, 2.45) is 0 Å². The van der Waals surface area contributed by atoms with Crippen LogP contribution in [0.5, 0.6) is 0 Å². The summed E-state index contributed by atoms with van der Waals surface area (Å²) in [6, 6.07) is 5.32. The minimum atomic E-state index is -0.610. The van der Waals surface area contributed by atoms with Crippen LogP contribution in [0.1, 0.15) is 4.88 Å². The lowest BCUT2D eigenvalue weighted by molar-refractivity contribution is 0.632. The number of rotatable bonds is 3. The highest BCUT2D eigenvalue weighted by Gasteiger charge is 2.13.